The van der Waals surface area contributed by atoms with Crippen molar-refractivity contribution in [1.82, 2.24) is 4.98 Å². The van der Waals surface area contributed by atoms with Crippen molar-refractivity contribution >= 4 is 17.6 Å². The summed E-state index contributed by atoms with van der Waals surface area (Å²) in [5.74, 6) is -0.595. The highest BCUT2D eigenvalue weighted by molar-refractivity contribution is 6.30. The molecule has 1 aromatic heterocycles. The molecular formula is C10H7ClF2N2O2. The number of aromatic nitrogens is 1. The molecule has 0 fully saturated rings. The van der Waals surface area contributed by atoms with Crippen LogP contribution in [0, 0.1) is 11.3 Å². The molecule has 7 heteroatoms. The lowest BCUT2D eigenvalue weighted by Gasteiger charge is -2.07. The number of ether oxygens (including phenoxy) is 1. The van der Waals surface area contributed by atoms with Crippen molar-refractivity contribution in [3.05, 3.63) is 28.0 Å². The van der Waals surface area contributed by atoms with Crippen molar-refractivity contribution in [1.29, 1.82) is 5.26 Å². The van der Waals surface area contributed by atoms with Gasteiger partial charge in [0.25, 0.3) is 6.43 Å². The van der Waals surface area contributed by atoms with Crippen LogP contribution in [-0.4, -0.2) is 18.1 Å². The van der Waals surface area contributed by atoms with Gasteiger partial charge >= 0.3 is 5.97 Å². The molecule has 0 bridgehead atoms. The molecule has 0 radical (unpaired) electrons. The minimum atomic E-state index is -2.89. The lowest BCUT2D eigenvalue weighted by Crippen LogP contribution is -2.07. The van der Waals surface area contributed by atoms with E-state index in [2.05, 4.69) is 9.72 Å². The van der Waals surface area contributed by atoms with Crippen molar-refractivity contribution in [3.63, 3.8) is 0 Å². The van der Waals surface area contributed by atoms with Crippen molar-refractivity contribution in [3.8, 4) is 6.07 Å². The first kappa shape index (κ1) is 13.3. The monoisotopic (exact) mass is 260 g/mol. The van der Waals surface area contributed by atoms with E-state index in [1.807, 2.05) is 0 Å². The Morgan fingerprint density at radius 3 is 2.82 bits per heavy atom. The summed E-state index contributed by atoms with van der Waals surface area (Å²) in [6, 6.07) is 2.70. The van der Waals surface area contributed by atoms with Gasteiger partial charge in [-0.15, -0.1) is 0 Å². The van der Waals surface area contributed by atoms with Gasteiger partial charge in [-0.1, -0.05) is 11.6 Å². The Bertz CT molecular complexity index is 486. The lowest BCUT2D eigenvalue weighted by molar-refractivity contribution is -0.139. The molecule has 0 N–H and O–H groups in total. The van der Waals surface area contributed by atoms with E-state index in [0.717, 1.165) is 6.07 Å². The molecule has 17 heavy (non-hydrogen) atoms. The van der Waals surface area contributed by atoms with Crippen LogP contribution in [0.4, 0.5) is 8.78 Å². The fourth-order valence-electron chi connectivity index (χ4n) is 1.15. The number of nitriles is 1. The Labute approximate surface area is 101 Å². The Hall–Kier alpha value is -1.74. The van der Waals surface area contributed by atoms with E-state index < -0.39 is 18.1 Å². The second-order valence-electron chi connectivity index (χ2n) is 3.04. The predicted molar refractivity (Wildman–Crippen MR) is 54.6 cm³/mol. The summed E-state index contributed by atoms with van der Waals surface area (Å²) in [5, 5.41) is 8.46. The van der Waals surface area contributed by atoms with Gasteiger partial charge < -0.3 is 4.74 Å². The number of carbonyl (C=O) groups excluding carboxylic acids is 1. The number of nitrogens with zero attached hydrogens (tertiary/aromatic N) is 2. The third-order valence-corrected chi connectivity index (χ3v) is 2.29. The third-order valence-electron chi connectivity index (χ3n) is 1.97. The molecule has 1 rings (SSSR count). The largest absolute Gasteiger partial charge is 0.469 e. The number of halogens is 3. The van der Waals surface area contributed by atoms with E-state index in [1.165, 1.54) is 7.11 Å². The zero-order valence-electron chi connectivity index (χ0n) is 8.71. The predicted octanol–water partition coefficient (Wildman–Crippen LogP) is 2.26. The standard InChI is InChI=1S/C10H7ClF2N2O2/c1-17-7(16)3-5-2-6(4-14)8(10(12)13)15-9(5)11/h2,10H,3H2,1H3. The molecule has 0 aromatic carbocycles. The summed E-state index contributed by atoms with van der Waals surface area (Å²) in [4.78, 5) is 14.4. The lowest BCUT2D eigenvalue weighted by atomic mass is 10.1. The van der Waals surface area contributed by atoms with E-state index in [-0.39, 0.29) is 22.7 Å². The van der Waals surface area contributed by atoms with Crippen LogP contribution in [0.5, 0.6) is 0 Å². The molecule has 0 aliphatic rings. The fraction of sp³-hybridized carbons (Fsp3) is 0.300. The minimum Gasteiger partial charge on any atom is -0.469 e. The number of rotatable bonds is 3. The molecule has 0 saturated carbocycles. The number of carbonyl (C=O) groups is 1. The highest BCUT2D eigenvalue weighted by Gasteiger charge is 2.19. The molecule has 0 amide bonds. The van der Waals surface area contributed by atoms with Gasteiger partial charge in [0, 0.05) is 5.56 Å². The molecule has 4 nitrogen and oxygen atoms in total. The Kier molecular flexibility index (Phi) is 4.35. The van der Waals surface area contributed by atoms with Crippen LogP contribution >= 0.6 is 11.6 Å². The number of methoxy groups -OCH3 is 1. The molecule has 0 spiro atoms. The van der Waals surface area contributed by atoms with E-state index in [4.69, 9.17) is 16.9 Å². The number of hydrogen-bond acceptors (Lipinski definition) is 4. The zero-order valence-corrected chi connectivity index (χ0v) is 9.46. The van der Waals surface area contributed by atoms with E-state index in [0.29, 0.717) is 0 Å². The summed E-state index contributed by atoms with van der Waals surface area (Å²) in [5.41, 5.74) is -0.811. The van der Waals surface area contributed by atoms with Gasteiger partial charge in [0.2, 0.25) is 0 Å². The quantitative estimate of drug-likeness (QED) is 0.618. The van der Waals surface area contributed by atoms with Crippen molar-refractivity contribution < 1.29 is 18.3 Å². The van der Waals surface area contributed by atoms with Crippen molar-refractivity contribution in [2.24, 2.45) is 0 Å². The first-order chi connectivity index (χ1) is 7.99. The SMILES string of the molecule is COC(=O)Cc1cc(C#N)c(C(F)F)nc1Cl. The van der Waals surface area contributed by atoms with Crippen LogP contribution in [0.2, 0.25) is 5.15 Å². The minimum absolute atomic E-state index is 0.180. The molecule has 0 aliphatic carbocycles. The average molecular weight is 261 g/mol. The summed E-state index contributed by atoms with van der Waals surface area (Å²) in [6.07, 6.45) is -3.12. The first-order valence-electron chi connectivity index (χ1n) is 4.44. The Morgan fingerprint density at radius 2 is 2.35 bits per heavy atom. The fourth-order valence-corrected chi connectivity index (χ4v) is 1.37. The van der Waals surface area contributed by atoms with E-state index in [1.54, 1.807) is 6.07 Å². The molecule has 90 valence electrons. The third kappa shape index (κ3) is 3.11. The number of alkyl halides is 2. The average Bonchev–Trinajstić information content (AvgIpc) is 2.30. The van der Waals surface area contributed by atoms with Gasteiger partial charge in [-0.05, 0) is 6.07 Å². The molecule has 1 aromatic rings. The van der Waals surface area contributed by atoms with Crippen LogP contribution in [0.25, 0.3) is 0 Å². The number of esters is 1. The second kappa shape index (κ2) is 5.55. The van der Waals surface area contributed by atoms with Crippen LogP contribution < -0.4 is 0 Å². The number of hydrogen-bond donors (Lipinski definition) is 0. The zero-order chi connectivity index (χ0) is 13.0. The van der Waals surface area contributed by atoms with Crippen LogP contribution in [0.3, 0.4) is 0 Å². The molecule has 0 saturated heterocycles. The van der Waals surface area contributed by atoms with Crippen molar-refractivity contribution in [2.45, 2.75) is 12.8 Å². The van der Waals surface area contributed by atoms with Crippen LogP contribution in [-0.2, 0) is 16.0 Å². The molecule has 0 unspecified atom stereocenters. The summed E-state index contributed by atoms with van der Waals surface area (Å²) >= 11 is 5.64. The molecular weight excluding hydrogens is 254 g/mol. The van der Waals surface area contributed by atoms with Crippen LogP contribution in [0.15, 0.2) is 6.07 Å². The second-order valence-corrected chi connectivity index (χ2v) is 3.39. The van der Waals surface area contributed by atoms with Gasteiger partial charge in [0.1, 0.15) is 16.9 Å². The topological polar surface area (TPSA) is 63.0 Å². The highest BCUT2D eigenvalue weighted by atomic mass is 35.5. The highest BCUT2D eigenvalue weighted by Crippen LogP contribution is 2.25. The Morgan fingerprint density at radius 1 is 1.71 bits per heavy atom. The molecule has 0 aliphatic heterocycles. The smallest absolute Gasteiger partial charge is 0.310 e. The normalized spacial score (nSPS) is 10.1. The molecule has 1 heterocycles. The summed E-state index contributed by atoms with van der Waals surface area (Å²) in [7, 11) is 1.18. The first-order valence-corrected chi connectivity index (χ1v) is 4.81. The molecule has 0 atom stereocenters. The van der Waals surface area contributed by atoms with Gasteiger partial charge in [0.05, 0.1) is 19.1 Å². The maximum atomic E-state index is 12.5. The Balaban J connectivity index is 3.19. The van der Waals surface area contributed by atoms with Gasteiger partial charge in [-0.25, -0.2) is 13.8 Å². The van der Waals surface area contributed by atoms with E-state index >= 15 is 0 Å². The maximum Gasteiger partial charge on any atom is 0.310 e. The van der Waals surface area contributed by atoms with E-state index in [9.17, 15) is 13.6 Å². The number of pyridine rings is 1. The van der Waals surface area contributed by atoms with Crippen molar-refractivity contribution in [2.75, 3.05) is 7.11 Å². The van der Waals surface area contributed by atoms with Gasteiger partial charge in [0.15, 0.2) is 0 Å². The van der Waals surface area contributed by atoms with Gasteiger partial charge in [-0.3, -0.25) is 4.79 Å². The van der Waals surface area contributed by atoms with Gasteiger partial charge in [-0.2, -0.15) is 5.26 Å². The van der Waals surface area contributed by atoms with Crippen LogP contribution in [0.1, 0.15) is 23.2 Å². The maximum absolute atomic E-state index is 12.5. The summed E-state index contributed by atoms with van der Waals surface area (Å²) in [6.45, 7) is 0. The summed E-state index contributed by atoms with van der Waals surface area (Å²) < 4.78 is 29.4.